The Morgan fingerprint density at radius 3 is 2.38 bits per heavy atom. The van der Waals surface area contributed by atoms with Gasteiger partial charge in [0.15, 0.2) is 24.1 Å². The first-order valence-corrected chi connectivity index (χ1v) is 9.18. The molecule has 0 saturated heterocycles. The van der Waals surface area contributed by atoms with E-state index in [0.29, 0.717) is 24.0 Å². The van der Waals surface area contributed by atoms with E-state index in [9.17, 15) is 27.6 Å². The lowest BCUT2D eigenvalue weighted by molar-refractivity contribution is -0.143. The molecule has 0 aliphatic carbocycles. The van der Waals surface area contributed by atoms with Gasteiger partial charge in [0.05, 0.1) is 12.2 Å². The number of benzene rings is 2. The van der Waals surface area contributed by atoms with Crippen molar-refractivity contribution < 1.29 is 37.0 Å². The molecule has 0 heterocycles. The quantitative estimate of drug-likeness (QED) is 0.252. The van der Waals surface area contributed by atoms with E-state index in [0.717, 1.165) is 12.1 Å². The average molecular weight is 448 g/mol. The zero-order chi connectivity index (χ0) is 23.5. The molecule has 2 rings (SSSR count). The van der Waals surface area contributed by atoms with Gasteiger partial charge in [0.1, 0.15) is 12.4 Å². The first-order chi connectivity index (χ1) is 15.3. The minimum Gasteiger partial charge on any atom is -0.490 e. The van der Waals surface area contributed by atoms with Crippen LogP contribution in [0, 0.1) is 17.5 Å². The third kappa shape index (κ3) is 7.63. The van der Waals surface area contributed by atoms with E-state index in [1.807, 2.05) is 5.32 Å². The fraction of sp³-hybridized carbons (Fsp3) is 0.136. The average Bonchev–Trinajstić information content (AvgIpc) is 2.79. The molecule has 2 aromatic carbocycles. The maximum absolute atomic E-state index is 13.5. The van der Waals surface area contributed by atoms with Crippen LogP contribution in [0.3, 0.4) is 0 Å². The number of amides is 2. The van der Waals surface area contributed by atoms with E-state index < -0.39 is 54.1 Å². The Bertz CT molecular complexity index is 1020. The first kappa shape index (κ1) is 24.2. The summed E-state index contributed by atoms with van der Waals surface area (Å²) in [6, 6.07) is 8.32. The van der Waals surface area contributed by atoms with Crippen molar-refractivity contribution in [3.8, 4) is 5.75 Å². The van der Waals surface area contributed by atoms with Crippen LogP contribution in [0.25, 0.3) is 6.08 Å². The highest BCUT2D eigenvalue weighted by molar-refractivity contribution is 5.95. The minimum absolute atomic E-state index is 0.368. The van der Waals surface area contributed by atoms with Gasteiger partial charge in [-0.05, 0) is 35.9 Å². The maximum Gasteiger partial charge on any atom is 0.331 e. The molecule has 0 atom stereocenters. The van der Waals surface area contributed by atoms with E-state index in [1.165, 1.54) is 6.08 Å². The van der Waals surface area contributed by atoms with Crippen LogP contribution >= 0.6 is 0 Å². The highest BCUT2D eigenvalue weighted by Gasteiger charge is 2.15. The van der Waals surface area contributed by atoms with Crippen molar-refractivity contribution in [2.45, 2.75) is 0 Å². The monoisotopic (exact) mass is 448 g/mol. The number of rotatable bonds is 10. The van der Waals surface area contributed by atoms with Crippen molar-refractivity contribution in [3.05, 3.63) is 78.1 Å². The van der Waals surface area contributed by atoms with Crippen molar-refractivity contribution in [1.29, 1.82) is 0 Å². The number of esters is 1. The largest absolute Gasteiger partial charge is 0.490 e. The van der Waals surface area contributed by atoms with E-state index in [4.69, 9.17) is 9.47 Å². The second kappa shape index (κ2) is 11.9. The van der Waals surface area contributed by atoms with Crippen LogP contribution in [0.15, 0.2) is 55.1 Å². The van der Waals surface area contributed by atoms with E-state index in [1.54, 1.807) is 30.3 Å². The van der Waals surface area contributed by atoms with Crippen molar-refractivity contribution in [3.63, 3.8) is 0 Å². The number of anilines is 1. The Morgan fingerprint density at radius 1 is 0.969 bits per heavy atom. The van der Waals surface area contributed by atoms with Crippen LogP contribution < -0.4 is 15.4 Å². The summed E-state index contributed by atoms with van der Waals surface area (Å²) in [7, 11) is 0. The lowest BCUT2D eigenvalue weighted by Gasteiger charge is -2.08. The Kier molecular flexibility index (Phi) is 9.03. The Labute approximate surface area is 181 Å². The molecule has 0 aliphatic rings. The Hall–Kier alpha value is -4.08. The molecule has 32 heavy (non-hydrogen) atoms. The third-order valence-corrected chi connectivity index (χ3v) is 3.76. The van der Waals surface area contributed by atoms with Gasteiger partial charge in [-0.2, -0.15) is 0 Å². The lowest BCUT2D eigenvalue weighted by atomic mass is 10.2. The van der Waals surface area contributed by atoms with Gasteiger partial charge in [0.2, 0.25) is 5.91 Å². The van der Waals surface area contributed by atoms with Crippen molar-refractivity contribution >= 4 is 29.5 Å². The normalized spacial score (nSPS) is 10.5. The smallest absolute Gasteiger partial charge is 0.331 e. The van der Waals surface area contributed by atoms with E-state index in [-0.39, 0.29) is 0 Å². The van der Waals surface area contributed by atoms with Crippen LogP contribution in [0.2, 0.25) is 0 Å². The molecule has 2 N–H and O–H groups in total. The topological polar surface area (TPSA) is 93.7 Å². The summed E-state index contributed by atoms with van der Waals surface area (Å²) in [6.07, 6.45) is 4.20. The second-order valence-corrected chi connectivity index (χ2v) is 6.16. The van der Waals surface area contributed by atoms with Gasteiger partial charge in [-0.1, -0.05) is 24.8 Å². The van der Waals surface area contributed by atoms with Crippen LogP contribution in [0.1, 0.15) is 5.56 Å². The fourth-order valence-corrected chi connectivity index (χ4v) is 2.23. The molecule has 7 nitrogen and oxygen atoms in total. The number of nitrogens with one attached hydrogen (secondary N) is 2. The molecule has 2 aromatic rings. The molecule has 10 heteroatoms. The first-order valence-electron chi connectivity index (χ1n) is 9.18. The molecule has 0 aromatic heterocycles. The fourth-order valence-electron chi connectivity index (χ4n) is 2.23. The van der Waals surface area contributed by atoms with Crippen molar-refractivity contribution in [2.75, 3.05) is 25.1 Å². The molecule has 0 spiro atoms. The summed E-state index contributed by atoms with van der Waals surface area (Å²) in [5.41, 5.74) is 0.110. The summed E-state index contributed by atoms with van der Waals surface area (Å²) in [4.78, 5) is 35.1. The van der Waals surface area contributed by atoms with Gasteiger partial charge in [0.25, 0.3) is 5.91 Å². The second-order valence-electron chi connectivity index (χ2n) is 6.16. The van der Waals surface area contributed by atoms with Crippen LogP contribution in [-0.2, 0) is 19.1 Å². The Morgan fingerprint density at radius 2 is 1.69 bits per heavy atom. The molecular weight excluding hydrogens is 429 g/mol. The summed E-state index contributed by atoms with van der Waals surface area (Å²) in [5.74, 6) is -6.54. The SMILES string of the molecule is C=CCOc1ccc(/C=C/C(=O)OCC(=O)NCC(=O)Nc2ccc(F)c(F)c2F)cc1. The summed E-state index contributed by atoms with van der Waals surface area (Å²) >= 11 is 0. The lowest BCUT2D eigenvalue weighted by Crippen LogP contribution is -2.35. The Balaban J connectivity index is 1.72. The molecule has 0 saturated carbocycles. The van der Waals surface area contributed by atoms with E-state index in [2.05, 4.69) is 11.9 Å². The van der Waals surface area contributed by atoms with Crippen LogP contribution in [-0.4, -0.2) is 37.5 Å². The maximum atomic E-state index is 13.5. The zero-order valence-electron chi connectivity index (χ0n) is 16.7. The van der Waals surface area contributed by atoms with Crippen LogP contribution in [0.5, 0.6) is 5.75 Å². The predicted molar refractivity (Wildman–Crippen MR) is 110 cm³/mol. The molecule has 2 amide bonds. The number of hydrogen-bond acceptors (Lipinski definition) is 5. The molecule has 168 valence electrons. The highest BCUT2D eigenvalue weighted by atomic mass is 19.2. The standard InChI is InChI=1S/C22H19F3N2O5/c1-2-11-31-15-6-3-14(4-7-15)5-10-20(30)32-13-19(29)26-12-18(28)27-17-9-8-16(23)21(24)22(17)25/h2-10H,1,11-13H2,(H,26,29)(H,27,28)/b10-5+. The number of ether oxygens (including phenoxy) is 2. The molecule has 0 bridgehead atoms. The van der Waals surface area contributed by atoms with Crippen molar-refractivity contribution in [1.82, 2.24) is 5.32 Å². The van der Waals surface area contributed by atoms with Gasteiger partial charge in [-0.15, -0.1) is 0 Å². The molecule has 0 unspecified atom stereocenters. The van der Waals surface area contributed by atoms with Gasteiger partial charge < -0.3 is 20.1 Å². The number of halogens is 3. The van der Waals surface area contributed by atoms with Gasteiger partial charge in [0, 0.05) is 6.08 Å². The third-order valence-electron chi connectivity index (χ3n) is 3.76. The minimum atomic E-state index is -1.73. The number of carbonyl (C=O) groups is 3. The number of hydrogen-bond donors (Lipinski definition) is 2. The molecule has 0 fully saturated rings. The predicted octanol–water partition coefficient (Wildman–Crippen LogP) is 2.98. The van der Waals surface area contributed by atoms with Gasteiger partial charge in [-0.3, -0.25) is 9.59 Å². The summed E-state index contributed by atoms with van der Waals surface area (Å²) in [5, 5.41) is 4.12. The van der Waals surface area contributed by atoms with Gasteiger partial charge in [-0.25, -0.2) is 18.0 Å². The van der Waals surface area contributed by atoms with E-state index >= 15 is 0 Å². The van der Waals surface area contributed by atoms with Crippen molar-refractivity contribution in [2.24, 2.45) is 0 Å². The highest BCUT2D eigenvalue weighted by Crippen LogP contribution is 2.19. The summed E-state index contributed by atoms with van der Waals surface area (Å²) < 4.78 is 49.6. The molecular formula is C22H19F3N2O5. The van der Waals surface area contributed by atoms with Crippen LogP contribution in [0.4, 0.5) is 18.9 Å². The number of carbonyl (C=O) groups excluding carboxylic acids is 3. The molecule has 0 aliphatic heterocycles. The summed E-state index contributed by atoms with van der Waals surface area (Å²) in [6.45, 7) is 2.64. The molecule has 0 radical (unpaired) electrons. The zero-order valence-corrected chi connectivity index (χ0v) is 16.7. The van der Waals surface area contributed by atoms with Gasteiger partial charge >= 0.3 is 5.97 Å².